The average molecular weight is 353 g/mol. The first-order chi connectivity index (χ1) is 13.2. The molecule has 4 heteroatoms. The lowest BCUT2D eigenvalue weighted by molar-refractivity contribution is -0.114. The first-order valence-electron chi connectivity index (χ1n) is 8.79. The number of pyridine rings is 1. The molecule has 132 valence electrons. The molecule has 27 heavy (non-hydrogen) atoms. The van der Waals surface area contributed by atoms with Crippen LogP contribution in [0.25, 0.3) is 22.2 Å². The number of nitrogens with one attached hydrogen (secondary N) is 2. The average Bonchev–Trinajstić information content (AvgIpc) is 2.68. The molecule has 1 amide bonds. The first kappa shape index (κ1) is 16.8. The maximum absolute atomic E-state index is 11.3. The SMILES string of the molecule is CC(=O)Nc1cccc(Nc2cc(-c3ccccc3)nc3ccccc23)c1. The van der Waals surface area contributed by atoms with Crippen LogP contribution < -0.4 is 10.6 Å². The van der Waals surface area contributed by atoms with Crippen LogP contribution in [0.1, 0.15) is 6.92 Å². The summed E-state index contributed by atoms with van der Waals surface area (Å²) in [6, 6.07) is 27.9. The lowest BCUT2D eigenvalue weighted by atomic mass is 10.1. The van der Waals surface area contributed by atoms with E-state index in [9.17, 15) is 4.79 Å². The van der Waals surface area contributed by atoms with E-state index in [1.807, 2.05) is 60.7 Å². The summed E-state index contributed by atoms with van der Waals surface area (Å²) in [6.07, 6.45) is 0. The van der Waals surface area contributed by atoms with E-state index in [4.69, 9.17) is 4.98 Å². The molecule has 0 atom stereocenters. The van der Waals surface area contributed by atoms with Crippen molar-refractivity contribution in [1.29, 1.82) is 0 Å². The van der Waals surface area contributed by atoms with E-state index in [-0.39, 0.29) is 5.91 Å². The number of benzene rings is 3. The monoisotopic (exact) mass is 353 g/mol. The third kappa shape index (κ3) is 3.80. The lowest BCUT2D eigenvalue weighted by Gasteiger charge is -2.13. The zero-order valence-electron chi connectivity index (χ0n) is 14.9. The molecule has 0 aliphatic heterocycles. The Hall–Kier alpha value is -3.66. The molecular weight excluding hydrogens is 334 g/mol. The third-order valence-electron chi connectivity index (χ3n) is 4.25. The largest absolute Gasteiger partial charge is 0.355 e. The van der Waals surface area contributed by atoms with E-state index >= 15 is 0 Å². The van der Waals surface area contributed by atoms with Crippen molar-refractivity contribution in [3.63, 3.8) is 0 Å². The number of amides is 1. The number of aromatic nitrogens is 1. The molecule has 3 aromatic carbocycles. The molecule has 0 saturated heterocycles. The van der Waals surface area contributed by atoms with Gasteiger partial charge in [0.15, 0.2) is 0 Å². The first-order valence-corrected chi connectivity index (χ1v) is 8.79. The molecule has 0 bridgehead atoms. The highest BCUT2D eigenvalue weighted by molar-refractivity contribution is 5.96. The summed E-state index contributed by atoms with van der Waals surface area (Å²) in [7, 11) is 0. The van der Waals surface area contributed by atoms with E-state index in [2.05, 4.69) is 34.9 Å². The molecule has 0 aliphatic rings. The molecule has 4 nitrogen and oxygen atoms in total. The molecule has 1 aromatic heterocycles. The highest BCUT2D eigenvalue weighted by Gasteiger charge is 2.08. The summed E-state index contributed by atoms with van der Waals surface area (Å²) < 4.78 is 0. The minimum absolute atomic E-state index is 0.0899. The Morgan fingerprint density at radius 2 is 1.56 bits per heavy atom. The Morgan fingerprint density at radius 3 is 2.37 bits per heavy atom. The number of rotatable bonds is 4. The zero-order valence-corrected chi connectivity index (χ0v) is 14.9. The fraction of sp³-hybridized carbons (Fsp3) is 0.0435. The Balaban J connectivity index is 1.78. The van der Waals surface area contributed by atoms with Crippen LogP contribution in [0, 0.1) is 0 Å². The summed E-state index contributed by atoms with van der Waals surface area (Å²) in [5.41, 5.74) is 5.54. The van der Waals surface area contributed by atoms with Crippen LogP contribution in [-0.4, -0.2) is 10.9 Å². The minimum Gasteiger partial charge on any atom is -0.355 e. The van der Waals surface area contributed by atoms with Gasteiger partial charge in [0.25, 0.3) is 0 Å². The van der Waals surface area contributed by atoms with Crippen LogP contribution in [0.2, 0.25) is 0 Å². The van der Waals surface area contributed by atoms with Gasteiger partial charge in [-0.1, -0.05) is 54.6 Å². The van der Waals surface area contributed by atoms with Crippen molar-refractivity contribution in [2.45, 2.75) is 6.92 Å². The fourth-order valence-electron chi connectivity index (χ4n) is 3.07. The van der Waals surface area contributed by atoms with Crippen molar-refractivity contribution in [3.05, 3.63) is 84.9 Å². The molecule has 1 heterocycles. The zero-order chi connectivity index (χ0) is 18.6. The number of para-hydroxylation sites is 1. The van der Waals surface area contributed by atoms with Crippen molar-refractivity contribution in [1.82, 2.24) is 4.98 Å². The van der Waals surface area contributed by atoms with Gasteiger partial charge in [-0.3, -0.25) is 4.79 Å². The summed E-state index contributed by atoms with van der Waals surface area (Å²) in [5, 5.41) is 7.34. The summed E-state index contributed by atoms with van der Waals surface area (Å²) in [4.78, 5) is 16.1. The van der Waals surface area contributed by atoms with Crippen LogP contribution in [0.5, 0.6) is 0 Å². The van der Waals surface area contributed by atoms with Gasteiger partial charge in [0, 0.05) is 29.2 Å². The summed E-state index contributed by atoms with van der Waals surface area (Å²) in [6.45, 7) is 1.50. The molecule has 4 aromatic rings. The highest BCUT2D eigenvalue weighted by atomic mass is 16.1. The van der Waals surface area contributed by atoms with Gasteiger partial charge in [-0.25, -0.2) is 4.98 Å². The summed E-state index contributed by atoms with van der Waals surface area (Å²) in [5.74, 6) is -0.0899. The molecular formula is C23H19N3O. The van der Waals surface area contributed by atoms with Gasteiger partial charge in [0.05, 0.1) is 16.9 Å². The number of hydrogen-bond donors (Lipinski definition) is 2. The molecule has 0 unspecified atom stereocenters. The third-order valence-corrected chi connectivity index (χ3v) is 4.25. The predicted octanol–water partition coefficient (Wildman–Crippen LogP) is 5.60. The number of hydrogen-bond acceptors (Lipinski definition) is 3. The van der Waals surface area contributed by atoms with E-state index in [0.29, 0.717) is 0 Å². The van der Waals surface area contributed by atoms with Crippen molar-refractivity contribution >= 4 is 33.9 Å². The number of nitrogens with zero attached hydrogens (tertiary/aromatic N) is 1. The standard InChI is InChI=1S/C23H19N3O/c1-16(27)24-18-10-7-11-19(14-18)25-23-15-22(17-8-3-2-4-9-17)26-21-13-6-5-12-20(21)23/h2-15H,1H3,(H,24,27)(H,25,26). The molecule has 0 radical (unpaired) electrons. The molecule has 2 N–H and O–H groups in total. The molecule has 0 spiro atoms. The van der Waals surface area contributed by atoms with Gasteiger partial charge in [0.2, 0.25) is 5.91 Å². The summed E-state index contributed by atoms with van der Waals surface area (Å²) >= 11 is 0. The minimum atomic E-state index is -0.0899. The smallest absolute Gasteiger partial charge is 0.221 e. The van der Waals surface area contributed by atoms with Crippen molar-refractivity contribution in [3.8, 4) is 11.3 Å². The second-order valence-electron chi connectivity index (χ2n) is 6.33. The quantitative estimate of drug-likeness (QED) is 0.502. The molecule has 0 aliphatic carbocycles. The number of anilines is 3. The van der Waals surface area contributed by atoms with Gasteiger partial charge < -0.3 is 10.6 Å². The van der Waals surface area contributed by atoms with Gasteiger partial charge in [-0.15, -0.1) is 0 Å². The lowest BCUT2D eigenvalue weighted by Crippen LogP contribution is -2.05. The fourth-order valence-corrected chi connectivity index (χ4v) is 3.07. The van der Waals surface area contributed by atoms with Crippen LogP contribution in [0.15, 0.2) is 84.9 Å². The van der Waals surface area contributed by atoms with E-state index in [1.165, 1.54) is 6.92 Å². The van der Waals surface area contributed by atoms with Crippen LogP contribution in [-0.2, 0) is 4.79 Å². The maximum atomic E-state index is 11.3. The second kappa shape index (κ2) is 7.30. The highest BCUT2D eigenvalue weighted by Crippen LogP contribution is 2.31. The second-order valence-corrected chi connectivity index (χ2v) is 6.33. The molecule has 0 saturated carbocycles. The Labute approximate surface area is 157 Å². The number of fused-ring (bicyclic) bond motifs is 1. The van der Waals surface area contributed by atoms with Crippen molar-refractivity contribution in [2.24, 2.45) is 0 Å². The molecule has 0 fully saturated rings. The van der Waals surface area contributed by atoms with E-state index in [1.54, 1.807) is 0 Å². The van der Waals surface area contributed by atoms with Gasteiger partial charge in [-0.2, -0.15) is 0 Å². The van der Waals surface area contributed by atoms with E-state index < -0.39 is 0 Å². The van der Waals surface area contributed by atoms with E-state index in [0.717, 1.165) is 39.2 Å². The predicted molar refractivity (Wildman–Crippen MR) is 111 cm³/mol. The number of carbonyl (C=O) groups excluding carboxylic acids is 1. The van der Waals surface area contributed by atoms with Crippen molar-refractivity contribution in [2.75, 3.05) is 10.6 Å². The normalized spacial score (nSPS) is 10.6. The van der Waals surface area contributed by atoms with Crippen molar-refractivity contribution < 1.29 is 4.79 Å². The van der Waals surface area contributed by atoms with Crippen LogP contribution >= 0.6 is 0 Å². The molecule has 4 rings (SSSR count). The van der Waals surface area contributed by atoms with Gasteiger partial charge >= 0.3 is 0 Å². The van der Waals surface area contributed by atoms with Gasteiger partial charge in [0.1, 0.15) is 0 Å². The Kier molecular flexibility index (Phi) is 4.54. The topological polar surface area (TPSA) is 54.0 Å². The Bertz CT molecular complexity index is 1110. The Morgan fingerprint density at radius 1 is 0.815 bits per heavy atom. The van der Waals surface area contributed by atoms with Crippen LogP contribution in [0.3, 0.4) is 0 Å². The number of carbonyl (C=O) groups is 1. The van der Waals surface area contributed by atoms with Gasteiger partial charge in [-0.05, 0) is 30.3 Å². The van der Waals surface area contributed by atoms with Crippen LogP contribution in [0.4, 0.5) is 17.1 Å². The maximum Gasteiger partial charge on any atom is 0.221 e.